The Balaban J connectivity index is 1.79. The van der Waals surface area contributed by atoms with Crippen LogP contribution in [0.3, 0.4) is 0 Å². The predicted octanol–water partition coefficient (Wildman–Crippen LogP) is 2.68. The van der Waals surface area contributed by atoms with Crippen molar-refractivity contribution < 1.29 is 4.79 Å². The van der Waals surface area contributed by atoms with Crippen molar-refractivity contribution in [3.63, 3.8) is 0 Å². The van der Waals surface area contributed by atoms with Crippen LogP contribution >= 0.6 is 0 Å². The van der Waals surface area contributed by atoms with Crippen molar-refractivity contribution in [2.24, 2.45) is 19.8 Å². The van der Waals surface area contributed by atoms with E-state index in [0.717, 1.165) is 33.1 Å². The maximum absolute atomic E-state index is 11.8. The standard InChI is InChI=1S/C21H17N7O/c1-27-11-14(10-24-27)18-15-8-13(5-6-17(15)28(2)26-18)20-19-12(4-3-7-23-19)9-16(25-20)21(22)29/h3-11H,1-2H3,(H2,22,29). The van der Waals surface area contributed by atoms with Crippen molar-refractivity contribution in [1.29, 1.82) is 0 Å². The number of rotatable bonds is 3. The van der Waals surface area contributed by atoms with Crippen LogP contribution in [0, 0.1) is 0 Å². The van der Waals surface area contributed by atoms with E-state index in [4.69, 9.17) is 5.73 Å². The zero-order chi connectivity index (χ0) is 20.1. The van der Waals surface area contributed by atoms with Crippen molar-refractivity contribution in [2.75, 3.05) is 0 Å². The number of hydrogen-bond donors (Lipinski definition) is 1. The van der Waals surface area contributed by atoms with E-state index in [0.29, 0.717) is 11.2 Å². The van der Waals surface area contributed by atoms with Gasteiger partial charge >= 0.3 is 0 Å². The first-order valence-electron chi connectivity index (χ1n) is 9.03. The summed E-state index contributed by atoms with van der Waals surface area (Å²) in [7, 11) is 3.78. The Labute approximate surface area is 165 Å². The van der Waals surface area contributed by atoms with Crippen LogP contribution in [0.4, 0.5) is 0 Å². The van der Waals surface area contributed by atoms with Crippen molar-refractivity contribution in [2.45, 2.75) is 0 Å². The molecule has 0 radical (unpaired) electrons. The molecule has 4 heterocycles. The number of nitrogens with zero attached hydrogens (tertiary/aromatic N) is 6. The second-order valence-electron chi connectivity index (χ2n) is 6.90. The first kappa shape index (κ1) is 17.1. The fraction of sp³-hybridized carbons (Fsp3) is 0.0952. The molecule has 0 saturated heterocycles. The Morgan fingerprint density at radius 2 is 1.93 bits per heavy atom. The van der Waals surface area contributed by atoms with Crippen LogP contribution in [0.25, 0.3) is 44.3 Å². The molecule has 142 valence electrons. The summed E-state index contributed by atoms with van der Waals surface area (Å²) in [5.74, 6) is -0.574. The summed E-state index contributed by atoms with van der Waals surface area (Å²) in [5.41, 5.74) is 10.6. The Hall–Kier alpha value is -4.07. The zero-order valence-electron chi connectivity index (χ0n) is 15.9. The van der Waals surface area contributed by atoms with Crippen molar-refractivity contribution in [3.05, 3.63) is 60.7 Å². The largest absolute Gasteiger partial charge is 0.364 e. The molecule has 0 spiro atoms. The molecule has 0 unspecified atom stereocenters. The number of hydrogen-bond acceptors (Lipinski definition) is 5. The minimum Gasteiger partial charge on any atom is -0.364 e. The van der Waals surface area contributed by atoms with Gasteiger partial charge in [0.1, 0.15) is 11.4 Å². The average molecular weight is 383 g/mol. The summed E-state index contributed by atoms with van der Waals surface area (Å²) in [6.07, 6.45) is 5.43. The number of primary amides is 1. The highest BCUT2D eigenvalue weighted by Crippen LogP contribution is 2.33. The topological polar surface area (TPSA) is 105 Å². The van der Waals surface area contributed by atoms with Gasteiger partial charge in [0, 0.05) is 48.4 Å². The predicted molar refractivity (Wildman–Crippen MR) is 110 cm³/mol. The summed E-state index contributed by atoms with van der Waals surface area (Å²) >= 11 is 0. The van der Waals surface area contributed by atoms with Crippen molar-refractivity contribution in [1.82, 2.24) is 29.5 Å². The lowest BCUT2D eigenvalue weighted by atomic mass is 10.0. The second-order valence-corrected chi connectivity index (χ2v) is 6.90. The number of fused-ring (bicyclic) bond motifs is 2. The maximum Gasteiger partial charge on any atom is 0.267 e. The highest BCUT2D eigenvalue weighted by atomic mass is 16.1. The van der Waals surface area contributed by atoms with Crippen LogP contribution in [-0.4, -0.2) is 35.4 Å². The average Bonchev–Trinajstić information content (AvgIpc) is 3.30. The lowest BCUT2D eigenvalue weighted by Gasteiger charge is -2.08. The van der Waals surface area contributed by atoms with Crippen LogP contribution in [0.15, 0.2) is 55.0 Å². The van der Waals surface area contributed by atoms with Gasteiger partial charge in [0.15, 0.2) is 0 Å². The molecule has 1 aromatic carbocycles. The summed E-state index contributed by atoms with van der Waals surface area (Å²) in [6.45, 7) is 0. The fourth-order valence-corrected chi connectivity index (χ4v) is 3.58. The number of benzene rings is 1. The van der Waals surface area contributed by atoms with E-state index in [-0.39, 0.29) is 5.69 Å². The van der Waals surface area contributed by atoms with Crippen molar-refractivity contribution >= 4 is 27.7 Å². The zero-order valence-corrected chi connectivity index (χ0v) is 15.9. The first-order valence-corrected chi connectivity index (χ1v) is 9.03. The second kappa shape index (κ2) is 6.23. The number of amides is 1. The Bertz CT molecular complexity index is 1410. The normalized spacial score (nSPS) is 11.4. The van der Waals surface area contributed by atoms with Gasteiger partial charge in [0.25, 0.3) is 5.91 Å². The van der Waals surface area contributed by atoms with Gasteiger partial charge in [-0.3, -0.25) is 19.1 Å². The number of pyridine rings is 2. The number of nitrogens with two attached hydrogens (primary N) is 1. The third-order valence-electron chi connectivity index (χ3n) is 4.94. The van der Waals surface area contributed by atoms with E-state index in [1.54, 1.807) is 23.1 Å². The first-order chi connectivity index (χ1) is 14.0. The molecule has 0 atom stereocenters. The summed E-state index contributed by atoms with van der Waals surface area (Å²) < 4.78 is 3.58. The highest BCUT2D eigenvalue weighted by molar-refractivity contribution is 6.01. The molecule has 29 heavy (non-hydrogen) atoms. The molecular weight excluding hydrogens is 366 g/mol. The molecule has 2 N–H and O–H groups in total. The van der Waals surface area contributed by atoms with E-state index in [9.17, 15) is 4.79 Å². The van der Waals surface area contributed by atoms with E-state index in [1.165, 1.54) is 0 Å². The Morgan fingerprint density at radius 1 is 1.07 bits per heavy atom. The van der Waals surface area contributed by atoms with Crippen molar-refractivity contribution in [3.8, 4) is 22.5 Å². The third kappa shape index (κ3) is 2.73. The summed E-state index contributed by atoms with van der Waals surface area (Å²) in [6, 6.07) is 11.3. The molecule has 0 aliphatic carbocycles. The molecule has 4 aromatic heterocycles. The molecule has 0 saturated carbocycles. The fourth-order valence-electron chi connectivity index (χ4n) is 3.58. The molecule has 5 rings (SSSR count). The minimum absolute atomic E-state index is 0.208. The van der Waals surface area contributed by atoms with Crippen LogP contribution in [0.1, 0.15) is 10.5 Å². The molecule has 5 aromatic rings. The van der Waals surface area contributed by atoms with Gasteiger partial charge < -0.3 is 5.73 Å². The summed E-state index contributed by atoms with van der Waals surface area (Å²) in [4.78, 5) is 20.8. The van der Waals surface area contributed by atoms with Crippen LogP contribution in [-0.2, 0) is 14.1 Å². The quantitative estimate of drug-likeness (QED) is 0.516. The molecule has 8 nitrogen and oxygen atoms in total. The van der Waals surface area contributed by atoms with Gasteiger partial charge in [-0.25, -0.2) is 4.98 Å². The Morgan fingerprint density at radius 3 is 2.69 bits per heavy atom. The molecular formula is C21H17N7O. The minimum atomic E-state index is -0.574. The number of aryl methyl sites for hydroxylation is 2. The highest BCUT2D eigenvalue weighted by Gasteiger charge is 2.16. The SMILES string of the molecule is Cn1cc(-c2nn(C)c3ccc(-c4nc(C(N)=O)cc5cccnc45)cc23)cn1. The van der Waals surface area contributed by atoms with Gasteiger partial charge in [-0.15, -0.1) is 0 Å². The monoisotopic (exact) mass is 383 g/mol. The third-order valence-corrected chi connectivity index (χ3v) is 4.94. The van der Waals surface area contributed by atoms with E-state index in [2.05, 4.69) is 20.2 Å². The lowest BCUT2D eigenvalue weighted by Crippen LogP contribution is -2.13. The van der Waals surface area contributed by atoms with Gasteiger partial charge in [-0.1, -0.05) is 12.1 Å². The number of aromatic nitrogens is 6. The molecule has 1 amide bonds. The van der Waals surface area contributed by atoms with Crippen LogP contribution in [0.5, 0.6) is 0 Å². The maximum atomic E-state index is 11.8. The smallest absolute Gasteiger partial charge is 0.267 e. The Kier molecular flexibility index (Phi) is 3.67. The van der Waals surface area contributed by atoms with Gasteiger partial charge in [-0.05, 0) is 24.3 Å². The molecule has 8 heteroatoms. The van der Waals surface area contributed by atoms with Gasteiger partial charge in [-0.2, -0.15) is 10.2 Å². The van der Waals surface area contributed by atoms with Gasteiger partial charge in [0.05, 0.1) is 22.9 Å². The number of carbonyl (C=O) groups excluding carboxylic acids is 1. The summed E-state index contributed by atoms with van der Waals surface area (Å²) in [5, 5.41) is 10.7. The van der Waals surface area contributed by atoms with Crippen LogP contribution < -0.4 is 5.73 Å². The van der Waals surface area contributed by atoms with E-state index >= 15 is 0 Å². The molecule has 0 fully saturated rings. The van der Waals surface area contributed by atoms with E-state index in [1.807, 2.05) is 55.3 Å². The molecule has 0 aliphatic rings. The van der Waals surface area contributed by atoms with Gasteiger partial charge in [0.2, 0.25) is 0 Å². The molecule has 0 aliphatic heterocycles. The molecule has 0 bridgehead atoms. The lowest BCUT2D eigenvalue weighted by molar-refractivity contribution is 0.0996. The number of carbonyl (C=O) groups is 1. The van der Waals surface area contributed by atoms with E-state index < -0.39 is 5.91 Å². The van der Waals surface area contributed by atoms with Crippen LogP contribution in [0.2, 0.25) is 0 Å².